The minimum absolute atomic E-state index is 0.230. The standard InChI is InChI=1S/C15H18NO7P/c17-14(18)5-4-13(15(19)20)23-24(21,22)9-7-10-2-1-3-12-11(10)6-8-16-12/h1-3,6,8,13,16H,4-5,7,9H2,(H,17,18)(H,19,20)(H,21,22). The van der Waals surface area contributed by atoms with Crippen LogP contribution in [0.5, 0.6) is 0 Å². The van der Waals surface area contributed by atoms with Gasteiger partial charge in [-0.15, -0.1) is 0 Å². The van der Waals surface area contributed by atoms with Crippen LogP contribution in [0.3, 0.4) is 0 Å². The smallest absolute Gasteiger partial charge is 0.333 e. The van der Waals surface area contributed by atoms with Crippen LogP contribution < -0.4 is 0 Å². The molecule has 0 bridgehead atoms. The zero-order valence-corrected chi connectivity index (χ0v) is 13.6. The van der Waals surface area contributed by atoms with E-state index in [9.17, 15) is 19.0 Å². The van der Waals surface area contributed by atoms with E-state index in [1.807, 2.05) is 24.3 Å². The first-order valence-corrected chi connectivity index (χ1v) is 9.04. The predicted molar refractivity (Wildman–Crippen MR) is 86.1 cm³/mol. The van der Waals surface area contributed by atoms with Gasteiger partial charge in [-0.05, 0) is 30.5 Å². The Kier molecular flexibility index (Phi) is 5.77. The lowest BCUT2D eigenvalue weighted by molar-refractivity contribution is -0.146. The summed E-state index contributed by atoms with van der Waals surface area (Å²) in [5.41, 5.74) is 1.73. The summed E-state index contributed by atoms with van der Waals surface area (Å²) in [6.45, 7) is 0. The van der Waals surface area contributed by atoms with Gasteiger partial charge in [-0.3, -0.25) is 13.9 Å². The molecular weight excluding hydrogens is 337 g/mol. The number of carboxylic acids is 2. The molecule has 0 aliphatic heterocycles. The molecule has 4 N–H and O–H groups in total. The van der Waals surface area contributed by atoms with Crippen molar-refractivity contribution in [1.29, 1.82) is 0 Å². The summed E-state index contributed by atoms with van der Waals surface area (Å²) >= 11 is 0. The van der Waals surface area contributed by atoms with E-state index in [-0.39, 0.29) is 19.0 Å². The average Bonchev–Trinajstić information content (AvgIpc) is 2.98. The van der Waals surface area contributed by atoms with Crippen LogP contribution in [0.1, 0.15) is 18.4 Å². The number of hydrogen-bond donors (Lipinski definition) is 4. The van der Waals surface area contributed by atoms with E-state index in [4.69, 9.17) is 14.7 Å². The predicted octanol–water partition coefficient (Wildman–Crippen LogP) is 2.23. The Morgan fingerprint density at radius 1 is 1.25 bits per heavy atom. The molecule has 0 saturated carbocycles. The van der Waals surface area contributed by atoms with E-state index < -0.39 is 32.1 Å². The molecule has 0 spiro atoms. The van der Waals surface area contributed by atoms with E-state index in [0.717, 1.165) is 16.5 Å². The van der Waals surface area contributed by atoms with Gasteiger partial charge in [0.15, 0.2) is 6.10 Å². The molecule has 0 radical (unpaired) electrons. The Morgan fingerprint density at radius 3 is 2.67 bits per heavy atom. The number of nitrogens with one attached hydrogen (secondary N) is 1. The van der Waals surface area contributed by atoms with Gasteiger partial charge in [-0.1, -0.05) is 12.1 Å². The van der Waals surface area contributed by atoms with Crippen molar-refractivity contribution >= 4 is 30.4 Å². The van der Waals surface area contributed by atoms with Crippen molar-refractivity contribution in [2.45, 2.75) is 25.4 Å². The van der Waals surface area contributed by atoms with E-state index in [1.54, 1.807) is 6.20 Å². The van der Waals surface area contributed by atoms with Gasteiger partial charge in [-0.25, -0.2) is 4.79 Å². The minimum atomic E-state index is -4.17. The van der Waals surface area contributed by atoms with Crippen LogP contribution in [0.4, 0.5) is 0 Å². The van der Waals surface area contributed by atoms with Crippen LogP contribution in [-0.2, 0) is 25.1 Å². The lowest BCUT2D eigenvalue weighted by Gasteiger charge is -2.17. The maximum atomic E-state index is 12.1. The molecule has 2 atom stereocenters. The summed E-state index contributed by atoms with van der Waals surface area (Å²) in [6, 6.07) is 7.35. The molecule has 0 amide bonds. The number of hydrogen-bond acceptors (Lipinski definition) is 4. The summed E-state index contributed by atoms with van der Waals surface area (Å²) in [4.78, 5) is 34.5. The molecule has 0 aliphatic carbocycles. The number of H-pyrrole nitrogens is 1. The first-order valence-electron chi connectivity index (χ1n) is 7.28. The van der Waals surface area contributed by atoms with Gasteiger partial charge < -0.3 is 20.1 Å². The normalized spacial score (nSPS) is 15.0. The zero-order valence-electron chi connectivity index (χ0n) is 12.7. The molecule has 2 unspecified atom stereocenters. The van der Waals surface area contributed by atoms with Gasteiger partial charge in [0.05, 0.1) is 6.16 Å². The summed E-state index contributed by atoms with van der Waals surface area (Å²) in [7, 11) is -4.17. The zero-order chi connectivity index (χ0) is 17.7. The fourth-order valence-corrected chi connectivity index (χ4v) is 3.58. The van der Waals surface area contributed by atoms with Crippen LogP contribution in [0.15, 0.2) is 30.5 Å². The maximum absolute atomic E-state index is 12.1. The number of aryl methyl sites for hydroxylation is 1. The van der Waals surface area contributed by atoms with Crippen molar-refractivity contribution in [2.75, 3.05) is 6.16 Å². The Bertz CT molecular complexity index is 785. The molecule has 1 aromatic carbocycles. The van der Waals surface area contributed by atoms with Crippen molar-refractivity contribution in [3.63, 3.8) is 0 Å². The molecular formula is C15H18NO7P. The van der Waals surface area contributed by atoms with E-state index in [2.05, 4.69) is 4.98 Å². The lowest BCUT2D eigenvalue weighted by Crippen LogP contribution is -2.24. The highest BCUT2D eigenvalue weighted by molar-refractivity contribution is 7.52. The minimum Gasteiger partial charge on any atom is -0.481 e. The molecule has 24 heavy (non-hydrogen) atoms. The van der Waals surface area contributed by atoms with E-state index >= 15 is 0 Å². The first-order chi connectivity index (χ1) is 11.3. The number of benzene rings is 1. The average molecular weight is 355 g/mol. The number of aromatic nitrogens is 1. The molecule has 0 saturated heterocycles. The summed E-state index contributed by atoms with van der Waals surface area (Å²) in [5.74, 6) is -2.66. The Morgan fingerprint density at radius 2 is 2.00 bits per heavy atom. The first kappa shape index (κ1) is 18.2. The highest BCUT2D eigenvalue weighted by Gasteiger charge is 2.30. The van der Waals surface area contributed by atoms with Crippen molar-refractivity contribution < 1.29 is 33.8 Å². The topological polar surface area (TPSA) is 137 Å². The molecule has 9 heteroatoms. The van der Waals surface area contributed by atoms with Gasteiger partial charge >= 0.3 is 19.5 Å². The van der Waals surface area contributed by atoms with E-state index in [0.29, 0.717) is 0 Å². The van der Waals surface area contributed by atoms with Gasteiger partial charge in [0.2, 0.25) is 0 Å². The molecule has 0 fully saturated rings. The van der Waals surface area contributed by atoms with Crippen molar-refractivity contribution in [2.24, 2.45) is 0 Å². The molecule has 2 rings (SSSR count). The molecule has 1 heterocycles. The van der Waals surface area contributed by atoms with Crippen molar-refractivity contribution in [3.8, 4) is 0 Å². The third kappa shape index (κ3) is 4.92. The number of fused-ring (bicyclic) bond motifs is 1. The summed E-state index contributed by atoms with van der Waals surface area (Å²) in [5, 5.41) is 18.5. The van der Waals surface area contributed by atoms with Crippen LogP contribution in [-0.4, -0.2) is 44.3 Å². The Labute approximate surface area is 137 Å². The third-order valence-corrected chi connectivity index (χ3v) is 4.91. The third-order valence-electron chi connectivity index (χ3n) is 3.54. The fourth-order valence-electron chi connectivity index (χ4n) is 2.36. The van der Waals surface area contributed by atoms with Crippen LogP contribution in [0, 0.1) is 0 Å². The molecule has 130 valence electrons. The van der Waals surface area contributed by atoms with Crippen LogP contribution in [0.2, 0.25) is 0 Å². The van der Waals surface area contributed by atoms with Crippen LogP contribution in [0.25, 0.3) is 10.9 Å². The molecule has 1 aromatic heterocycles. The molecule has 8 nitrogen and oxygen atoms in total. The fraction of sp³-hybridized carbons (Fsp3) is 0.333. The van der Waals surface area contributed by atoms with Crippen molar-refractivity contribution in [3.05, 3.63) is 36.0 Å². The maximum Gasteiger partial charge on any atom is 0.333 e. The number of carbonyl (C=O) groups is 2. The highest BCUT2D eigenvalue weighted by Crippen LogP contribution is 2.44. The largest absolute Gasteiger partial charge is 0.481 e. The van der Waals surface area contributed by atoms with Gasteiger partial charge in [0.1, 0.15) is 0 Å². The summed E-state index contributed by atoms with van der Waals surface area (Å²) < 4.78 is 16.9. The SMILES string of the molecule is O=C(O)CCC(OP(=O)(O)CCc1cccc2[nH]ccc12)C(=O)O. The van der Waals surface area contributed by atoms with Crippen LogP contribution >= 0.6 is 7.60 Å². The highest BCUT2D eigenvalue weighted by atomic mass is 31.2. The Hall–Kier alpha value is -2.15. The second kappa shape index (κ2) is 7.61. The van der Waals surface area contributed by atoms with E-state index in [1.165, 1.54) is 0 Å². The number of rotatable bonds is 9. The Balaban J connectivity index is 2.01. The number of carboxylic acid groups (broad SMARTS) is 2. The molecule has 0 aliphatic rings. The lowest BCUT2D eigenvalue weighted by atomic mass is 10.1. The van der Waals surface area contributed by atoms with Crippen molar-refractivity contribution in [1.82, 2.24) is 4.98 Å². The van der Waals surface area contributed by atoms with Gasteiger partial charge in [0.25, 0.3) is 0 Å². The monoisotopic (exact) mass is 355 g/mol. The second-order valence-corrected chi connectivity index (χ2v) is 7.26. The number of aliphatic carboxylic acids is 2. The molecule has 2 aromatic rings. The number of aromatic amines is 1. The summed E-state index contributed by atoms with van der Waals surface area (Å²) in [6.07, 6.45) is -0.722. The van der Waals surface area contributed by atoms with Gasteiger partial charge in [0, 0.05) is 23.5 Å². The van der Waals surface area contributed by atoms with Gasteiger partial charge in [-0.2, -0.15) is 0 Å². The quantitative estimate of drug-likeness (QED) is 0.506. The second-order valence-electron chi connectivity index (χ2n) is 5.33.